The molecule has 0 aliphatic heterocycles. The average Bonchev–Trinajstić information content (AvgIpc) is 3.33. The Bertz CT molecular complexity index is 1900. The van der Waals surface area contributed by atoms with Gasteiger partial charge in [0.2, 0.25) is 0 Å². The Morgan fingerprint density at radius 3 is 1.30 bits per heavy atom. The molecule has 0 amide bonds. The molecule has 7 rings (SSSR count). The Kier molecular flexibility index (Phi) is 6.54. The lowest BCUT2D eigenvalue weighted by atomic mass is 9.61. The van der Waals surface area contributed by atoms with E-state index < -0.39 is 5.41 Å². The molecule has 0 atom stereocenters. The van der Waals surface area contributed by atoms with Crippen LogP contribution in [0.25, 0.3) is 32.7 Å². The molecule has 2 nitrogen and oxygen atoms in total. The average molecular weight is 563 g/mol. The Hall–Kier alpha value is -4.56. The van der Waals surface area contributed by atoms with Crippen molar-refractivity contribution in [1.29, 1.82) is 0 Å². The number of phenolic OH excluding ortho intramolecular Hbond substituents is 2. The molecule has 0 spiro atoms. The third-order valence-corrected chi connectivity index (χ3v) is 9.80. The number of aryl methyl sites for hydroxylation is 4. The van der Waals surface area contributed by atoms with Gasteiger partial charge in [-0.15, -0.1) is 0 Å². The molecule has 214 valence electrons. The van der Waals surface area contributed by atoms with Crippen molar-refractivity contribution in [3.63, 3.8) is 0 Å². The predicted octanol–water partition coefficient (Wildman–Crippen LogP) is 10.0. The summed E-state index contributed by atoms with van der Waals surface area (Å²) < 4.78 is 0. The highest BCUT2D eigenvalue weighted by atomic mass is 16.3. The van der Waals surface area contributed by atoms with E-state index in [9.17, 15) is 10.2 Å². The Balaban J connectivity index is 1.79. The summed E-state index contributed by atoms with van der Waals surface area (Å²) in [5, 5.41) is 25.5. The minimum Gasteiger partial charge on any atom is -0.508 e. The van der Waals surface area contributed by atoms with Gasteiger partial charge >= 0.3 is 0 Å². The van der Waals surface area contributed by atoms with Gasteiger partial charge in [-0.05, 0) is 127 Å². The van der Waals surface area contributed by atoms with E-state index in [1.807, 2.05) is 24.3 Å². The Morgan fingerprint density at radius 2 is 0.907 bits per heavy atom. The van der Waals surface area contributed by atoms with Crippen molar-refractivity contribution in [2.24, 2.45) is 0 Å². The zero-order valence-electron chi connectivity index (χ0n) is 25.5. The van der Waals surface area contributed by atoms with Crippen molar-refractivity contribution >= 4 is 21.5 Å². The topological polar surface area (TPSA) is 40.5 Å². The minimum absolute atomic E-state index is 0.301. The van der Waals surface area contributed by atoms with Crippen LogP contribution in [-0.2, 0) is 31.1 Å². The second-order valence-electron chi connectivity index (χ2n) is 11.8. The van der Waals surface area contributed by atoms with Gasteiger partial charge in [-0.25, -0.2) is 0 Å². The van der Waals surface area contributed by atoms with Crippen LogP contribution < -0.4 is 0 Å². The second kappa shape index (κ2) is 10.3. The molecule has 0 aromatic heterocycles. The first-order valence-corrected chi connectivity index (χ1v) is 15.7. The van der Waals surface area contributed by atoms with Crippen molar-refractivity contribution in [2.45, 2.75) is 58.8 Å². The molecule has 1 aliphatic rings. The number of hydrogen-bond acceptors (Lipinski definition) is 2. The van der Waals surface area contributed by atoms with E-state index in [0.717, 1.165) is 36.5 Å². The highest BCUT2D eigenvalue weighted by molar-refractivity contribution is 5.96. The fraction of sp³-hybridized carbons (Fsp3) is 0.220. The van der Waals surface area contributed by atoms with Crippen LogP contribution in [0.15, 0.2) is 97.1 Å². The zero-order chi connectivity index (χ0) is 29.9. The molecule has 0 saturated heterocycles. The summed E-state index contributed by atoms with van der Waals surface area (Å²) >= 11 is 0. The van der Waals surface area contributed by atoms with E-state index in [0.29, 0.717) is 11.5 Å². The van der Waals surface area contributed by atoms with Gasteiger partial charge in [0.25, 0.3) is 0 Å². The molecule has 1 aliphatic carbocycles. The van der Waals surface area contributed by atoms with Crippen molar-refractivity contribution in [2.75, 3.05) is 0 Å². The summed E-state index contributed by atoms with van der Waals surface area (Å²) in [7, 11) is 0. The summed E-state index contributed by atoms with van der Waals surface area (Å²) in [4.78, 5) is 0. The molecule has 2 N–H and O–H groups in total. The standard InChI is InChI=1S/C41H38O2/c1-5-25-21-27-23-29(42)17-19-33(27)31(7-3)39(25)41(37-15-11-9-13-35(37)36-14-10-12-16-38(36)41)40-26(6-2)22-28-24-30(43)18-20-34(28)32(40)8-4/h9-24,42-43H,5-8H2,1-4H3. The normalized spacial score (nSPS) is 13.4. The highest BCUT2D eigenvalue weighted by Gasteiger charge is 2.50. The first kappa shape index (κ1) is 27.3. The van der Waals surface area contributed by atoms with Gasteiger partial charge in [-0.3, -0.25) is 0 Å². The third kappa shape index (κ3) is 3.79. The third-order valence-electron chi connectivity index (χ3n) is 9.80. The van der Waals surface area contributed by atoms with Crippen molar-refractivity contribution < 1.29 is 10.2 Å². The summed E-state index contributed by atoms with van der Waals surface area (Å²) in [6, 6.07) is 34.4. The molecule has 0 saturated carbocycles. The molecule has 2 heteroatoms. The van der Waals surface area contributed by atoms with Crippen LogP contribution in [-0.4, -0.2) is 10.2 Å². The number of phenols is 2. The van der Waals surface area contributed by atoms with Crippen LogP contribution in [0.1, 0.15) is 72.2 Å². The van der Waals surface area contributed by atoms with E-state index in [-0.39, 0.29) is 0 Å². The monoisotopic (exact) mass is 562 g/mol. The highest BCUT2D eigenvalue weighted by Crippen LogP contribution is 2.60. The van der Waals surface area contributed by atoms with Crippen molar-refractivity contribution in [3.05, 3.63) is 142 Å². The number of fused-ring (bicyclic) bond motifs is 5. The van der Waals surface area contributed by atoms with Gasteiger partial charge in [-0.2, -0.15) is 0 Å². The summed E-state index contributed by atoms with van der Waals surface area (Å²) in [5.41, 5.74) is 12.8. The molecule has 0 bridgehead atoms. The van der Waals surface area contributed by atoms with Crippen LogP contribution in [0, 0.1) is 0 Å². The lowest BCUT2D eigenvalue weighted by Crippen LogP contribution is -2.34. The molecule has 6 aromatic rings. The molecule has 0 unspecified atom stereocenters. The SMILES string of the molecule is CCc1cc2cc(O)ccc2c(CC)c1C1(c2c(CC)cc3cc(O)ccc3c2CC)c2ccccc2-c2ccccc21. The van der Waals surface area contributed by atoms with Crippen molar-refractivity contribution in [3.8, 4) is 22.6 Å². The Labute approximate surface area is 254 Å². The van der Waals surface area contributed by atoms with Crippen LogP contribution in [0.5, 0.6) is 11.5 Å². The fourth-order valence-electron chi connectivity index (χ4n) is 8.19. The fourth-order valence-corrected chi connectivity index (χ4v) is 8.19. The lowest BCUT2D eigenvalue weighted by molar-refractivity contribution is 0.475. The molecule has 0 fully saturated rings. The molecule has 0 heterocycles. The number of rotatable bonds is 6. The van der Waals surface area contributed by atoms with Gasteiger partial charge < -0.3 is 10.2 Å². The number of benzene rings is 6. The van der Waals surface area contributed by atoms with Crippen LogP contribution in [0.2, 0.25) is 0 Å². The summed E-state index contributed by atoms with van der Waals surface area (Å²) in [5.74, 6) is 0.602. The molecule has 0 radical (unpaired) electrons. The second-order valence-corrected chi connectivity index (χ2v) is 11.8. The molecular formula is C41H38O2. The van der Waals surface area contributed by atoms with Crippen LogP contribution in [0.3, 0.4) is 0 Å². The predicted molar refractivity (Wildman–Crippen MR) is 180 cm³/mol. The van der Waals surface area contributed by atoms with E-state index in [1.54, 1.807) is 0 Å². The smallest absolute Gasteiger partial charge is 0.116 e. The summed E-state index contributed by atoms with van der Waals surface area (Å²) in [6.07, 6.45) is 3.51. The maximum atomic E-state index is 10.5. The van der Waals surface area contributed by atoms with Gasteiger partial charge in [-0.1, -0.05) is 100 Å². The Morgan fingerprint density at radius 1 is 0.488 bits per heavy atom. The lowest BCUT2D eigenvalue weighted by Gasteiger charge is -2.40. The van der Waals surface area contributed by atoms with Crippen LogP contribution >= 0.6 is 0 Å². The maximum Gasteiger partial charge on any atom is 0.116 e. The van der Waals surface area contributed by atoms with Gasteiger partial charge in [0, 0.05) is 0 Å². The van der Waals surface area contributed by atoms with Gasteiger partial charge in [0.1, 0.15) is 11.5 Å². The zero-order valence-corrected chi connectivity index (χ0v) is 25.5. The molecule has 43 heavy (non-hydrogen) atoms. The van der Waals surface area contributed by atoms with Crippen molar-refractivity contribution in [1.82, 2.24) is 0 Å². The van der Waals surface area contributed by atoms with E-state index in [2.05, 4.69) is 100 Å². The summed E-state index contributed by atoms with van der Waals surface area (Å²) in [6.45, 7) is 9.07. The van der Waals surface area contributed by atoms with E-state index in [1.165, 1.54) is 66.4 Å². The minimum atomic E-state index is -0.529. The van der Waals surface area contributed by atoms with Crippen LogP contribution in [0.4, 0.5) is 0 Å². The first-order valence-electron chi connectivity index (χ1n) is 15.7. The largest absolute Gasteiger partial charge is 0.508 e. The number of aromatic hydroxyl groups is 2. The first-order chi connectivity index (χ1) is 21.0. The quantitative estimate of drug-likeness (QED) is 0.212. The van der Waals surface area contributed by atoms with Gasteiger partial charge in [0.05, 0.1) is 5.41 Å². The number of hydrogen-bond donors (Lipinski definition) is 2. The maximum absolute atomic E-state index is 10.5. The molecule has 6 aromatic carbocycles. The van der Waals surface area contributed by atoms with E-state index >= 15 is 0 Å². The molecular weight excluding hydrogens is 524 g/mol. The van der Waals surface area contributed by atoms with E-state index in [4.69, 9.17) is 0 Å². The van der Waals surface area contributed by atoms with Gasteiger partial charge in [0.15, 0.2) is 0 Å².